The number of fused-ring (bicyclic) bond motifs is 1. The molecule has 0 spiro atoms. The Morgan fingerprint density at radius 1 is 1.10 bits per heavy atom. The molecule has 2 aromatic rings. The Kier molecular flexibility index (Phi) is 4.02. The Morgan fingerprint density at radius 3 is 2.67 bits per heavy atom. The average molecular weight is 298 g/mol. The molecule has 0 radical (unpaired) electrons. The Morgan fingerprint density at radius 2 is 1.86 bits per heavy atom. The van der Waals surface area contributed by atoms with E-state index in [0.29, 0.717) is 5.56 Å². The molecule has 2 nitrogen and oxygen atoms in total. The summed E-state index contributed by atoms with van der Waals surface area (Å²) >= 11 is 0. The molecular weight excluding hydrogens is 280 g/mol. The van der Waals surface area contributed by atoms with Crippen molar-refractivity contribution in [2.75, 3.05) is 5.75 Å². The van der Waals surface area contributed by atoms with E-state index < -0.39 is 10.8 Å². The van der Waals surface area contributed by atoms with Gasteiger partial charge >= 0.3 is 0 Å². The fourth-order valence-electron chi connectivity index (χ4n) is 2.86. The summed E-state index contributed by atoms with van der Waals surface area (Å²) < 4.78 is 12.4. The molecular formula is C18H18O2S. The van der Waals surface area contributed by atoms with E-state index in [-0.39, 0.29) is 11.5 Å². The second-order valence-corrected chi connectivity index (χ2v) is 6.96. The zero-order valence-corrected chi connectivity index (χ0v) is 12.9. The van der Waals surface area contributed by atoms with Gasteiger partial charge in [0.2, 0.25) is 0 Å². The van der Waals surface area contributed by atoms with Gasteiger partial charge in [-0.25, -0.2) is 0 Å². The van der Waals surface area contributed by atoms with E-state index in [1.165, 1.54) is 17.5 Å². The van der Waals surface area contributed by atoms with E-state index in [9.17, 15) is 9.00 Å². The molecule has 1 unspecified atom stereocenters. The maximum atomic E-state index is 12.4. The van der Waals surface area contributed by atoms with Gasteiger partial charge in [-0.05, 0) is 55.0 Å². The highest BCUT2D eigenvalue weighted by molar-refractivity contribution is 7.85. The number of Topliss-reactive ketones (excluding diaryl/α,β-unsaturated/α-hetero) is 1. The summed E-state index contributed by atoms with van der Waals surface area (Å²) in [6.45, 7) is 1.91. The van der Waals surface area contributed by atoms with Crippen molar-refractivity contribution < 1.29 is 9.00 Å². The molecule has 0 aliphatic heterocycles. The van der Waals surface area contributed by atoms with Crippen molar-refractivity contribution in [2.24, 2.45) is 0 Å². The van der Waals surface area contributed by atoms with E-state index in [1.807, 2.05) is 37.3 Å². The van der Waals surface area contributed by atoms with Gasteiger partial charge in [-0.2, -0.15) is 0 Å². The van der Waals surface area contributed by atoms with Crippen molar-refractivity contribution in [1.29, 1.82) is 0 Å². The largest absolute Gasteiger partial charge is 0.293 e. The van der Waals surface area contributed by atoms with Crippen LogP contribution in [0.2, 0.25) is 0 Å². The lowest BCUT2D eigenvalue weighted by molar-refractivity contribution is 0.102. The standard InChI is InChI=1S/C18H18O2S/c1-13-5-2-3-8-17(13)18(19)12-21(20)16-10-9-14-6-4-7-15(14)11-16/h2-3,5,8-11H,4,6-7,12H2,1H3. The molecule has 0 saturated heterocycles. The minimum Gasteiger partial charge on any atom is -0.293 e. The molecule has 0 heterocycles. The number of benzene rings is 2. The lowest BCUT2D eigenvalue weighted by Gasteiger charge is -2.07. The molecule has 21 heavy (non-hydrogen) atoms. The summed E-state index contributed by atoms with van der Waals surface area (Å²) in [5.41, 5.74) is 4.27. The fraction of sp³-hybridized carbons (Fsp3) is 0.278. The van der Waals surface area contributed by atoms with Crippen LogP contribution < -0.4 is 0 Å². The number of carbonyl (C=O) groups excluding carboxylic acids is 1. The number of rotatable bonds is 4. The van der Waals surface area contributed by atoms with Crippen LogP contribution in [0.4, 0.5) is 0 Å². The highest BCUT2D eigenvalue weighted by atomic mass is 32.2. The SMILES string of the molecule is Cc1ccccc1C(=O)CS(=O)c1ccc2c(c1)CCC2. The first-order valence-corrected chi connectivity index (χ1v) is 8.56. The van der Waals surface area contributed by atoms with E-state index in [4.69, 9.17) is 0 Å². The van der Waals surface area contributed by atoms with Crippen molar-refractivity contribution in [1.82, 2.24) is 0 Å². The first-order valence-electron chi connectivity index (χ1n) is 7.24. The van der Waals surface area contributed by atoms with Crippen molar-refractivity contribution in [3.05, 3.63) is 64.7 Å². The molecule has 1 aliphatic rings. The van der Waals surface area contributed by atoms with Crippen molar-refractivity contribution in [3.8, 4) is 0 Å². The topological polar surface area (TPSA) is 34.1 Å². The Hall–Kier alpha value is -1.74. The third-order valence-electron chi connectivity index (χ3n) is 4.04. The molecule has 0 aromatic heterocycles. The third-order valence-corrected chi connectivity index (χ3v) is 5.34. The molecule has 0 fully saturated rings. The van der Waals surface area contributed by atoms with Crippen molar-refractivity contribution in [2.45, 2.75) is 31.1 Å². The van der Waals surface area contributed by atoms with Crippen LogP contribution in [0.5, 0.6) is 0 Å². The summed E-state index contributed by atoms with van der Waals surface area (Å²) in [5.74, 6) is 0.0100. The summed E-state index contributed by atoms with van der Waals surface area (Å²) in [6.07, 6.45) is 3.35. The second-order valence-electron chi connectivity index (χ2n) is 5.51. The zero-order chi connectivity index (χ0) is 14.8. The predicted molar refractivity (Wildman–Crippen MR) is 85.3 cm³/mol. The van der Waals surface area contributed by atoms with Crippen LogP contribution in [0.1, 0.15) is 33.5 Å². The molecule has 0 bridgehead atoms. The maximum absolute atomic E-state index is 12.4. The maximum Gasteiger partial charge on any atom is 0.175 e. The molecule has 0 amide bonds. The molecule has 1 atom stereocenters. The summed E-state index contributed by atoms with van der Waals surface area (Å²) in [5, 5.41) is 0. The van der Waals surface area contributed by atoms with E-state index in [1.54, 1.807) is 6.07 Å². The fourth-order valence-corrected chi connectivity index (χ4v) is 3.91. The third kappa shape index (κ3) is 2.98. The molecule has 3 heteroatoms. The second kappa shape index (κ2) is 5.94. The molecule has 2 aromatic carbocycles. The van der Waals surface area contributed by atoms with Crippen molar-refractivity contribution >= 4 is 16.6 Å². The molecule has 0 saturated carbocycles. The molecule has 108 valence electrons. The smallest absolute Gasteiger partial charge is 0.175 e. The number of carbonyl (C=O) groups is 1. The van der Waals surface area contributed by atoms with Crippen LogP contribution in [-0.2, 0) is 23.6 Å². The Labute approximate surface area is 127 Å². The predicted octanol–water partition coefficient (Wildman–Crippen LogP) is 3.47. The zero-order valence-electron chi connectivity index (χ0n) is 12.1. The van der Waals surface area contributed by atoms with Gasteiger partial charge in [0, 0.05) is 10.5 Å². The summed E-state index contributed by atoms with van der Waals surface area (Å²) in [4.78, 5) is 13.1. The van der Waals surface area contributed by atoms with Crippen LogP contribution in [0.3, 0.4) is 0 Å². The minimum absolute atomic E-state index is 0.0491. The summed E-state index contributed by atoms with van der Waals surface area (Å²) in [6, 6.07) is 13.5. The van der Waals surface area contributed by atoms with Crippen LogP contribution in [0, 0.1) is 6.92 Å². The quantitative estimate of drug-likeness (QED) is 0.810. The molecule has 1 aliphatic carbocycles. The van der Waals surface area contributed by atoms with Gasteiger partial charge in [-0.1, -0.05) is 30.3 Å². The van der Waals surface area contributed by atoms with Gasteiger partial charge in [0.05, 0.1) is 16.6 Å². The first kappa shape index (κ1) is 14.2. The molecule has 0 N–H and O–H groups in total. The Balaban J connectivity index is 1.77. The van der Waals surface area contributed by atoms with Gasteiger partial charge in [0.25, 0.3) is 0 Å². The van der Waals surface area contributed by atoms with E-state index >= 15 is 0 Å². The number of aryl methyl sites for hydroxylation is 3. The van der Waals surface area contributed by atoms with Gasteiger partial charge < -0.3 is 0 Å². The monoisotopic (exact) mass is 298 g/mol. The Bertz CT molecular complexity index is 719. The van der Waals surface area contributed by atoms with Crippen LogP contribution in [-0.4, -0.2) is 15.7 Å². The van der Waals surface area contributed by atoms with E-state index in [0.717, 1.165) is 23.3 Å². The van der Waals surface area contributed by atoms with Crippen LogP contribution >= 0.6 is 0 Å². The van der Waals surface area contributed by atoms with Gasteiger partial charge in [-0.3, -0.25) is 9.00 Å². The van der Waals surface area contributed by atoms with E-state index in [2.05, 4.69) is 6.07 Å². The molecule has 3 rings (SSSR count). The number of ketones is 1. The van der Waals surface area contributed by atoms with Crippen LogP contribution in [0.25, 0.3) is 0 Å². The van der Waals surface area contributed by atoms with Crippen LogP contribution in [0.15, 0.2) is 47.4 Å². The van der Waals surface area contributed by atoms with Gasteiger partial charge in [0.1, 0.15) is 0 Å². The van der Waals surface area contributed by atoms with Crippen molar-refractivity contribution in [3.63, 3.8) is 0 Å². The number of hydrogen-bond acceptors (Lipinski definition) is 2. The lowest BCUT2D eigenvalue weighted by atomic mass is 10.1. The highest BCUT2D eigenvalue weighted by Gasteiger charge is 2.17. The summed E-state index contributed by atoms with van der Waals surface area (Å²) in [7, 11) is -1.26. The van der Waals surface area contributed by atoms with Gasteiger partial charge in [0.15, 0.2) is 5.78 Å². The van der Waals surface area contributed by atoms with Gasteiger partial charge in [-0.15, -0.1) is 0 Å². The highest BCUT2D eigenvalue weighted by Crippen LogP contribution is 2.24. The average Bonchev–Trinajstić information content (AvgIpc) is 2.94. The first-order chi connectivity index (χ1) is 10.1. The number of hydrogen-bond donors (Lipinski definition) is 0. The minimum atomic E-state index is -1.26. The lowest BCUT2D eigenvalue weighted by Crippen LogP contribution is -2.12. The normalized spacial score (nSPS) is 14.7.